The first-order valence-electron chi connectivity index (χ1n) is 4.33. The first kappa shape index (κ1) is 22.6. The first-order chi connectivity index (χ1) is 4.83. The van der Waals surface area contributed by atoms with Crippen molar-refractivity contribution in [1.29, 1.82) is 0 Å². The molecule has 0 fully saturated rings. The van der Waals surface area contributed by atoms with E-state index in [-0.39, 0.29) is 0 Å². The average molecular weight is 146 g/mol. The van der Waals surface area contributed by atoms with Crippen molar-refractivity contribution >= 4 is 0 Å². The second-order valence-electron chi connectivity index (χ2n) is 1.41. The van der Waals surface area contributed by atoms with Gasteiger partial charge < -0.3 is 0 Å². The van der Waals surface area contributed by atoms with Crippen molar-refractivity contribution in [2.75, 3.05) is 0 Å². The van der Waals surface area contributed by atoms with Crippen LogP contribution in [0.5, 0.6) is 0 Å². The Labute approximate surface area is 68.4 Å². The summed E-state index contributed by atoms with van der Waals surface area (Å²) >= 11 is 0. The van der Waals surface area contributed by atoms with Crippen LogP contribution in [-0.4, -0.2) is 0 Å². The molecule has 0 heterocycles. The summed E-state index contributed by atoms with van der Waals surface area (Å²) in [4.78, 5) is 0. The van der Waals surface area contributed by atoms with Crippen LogP contribution in [-0.2, 0) is 0 Å². The second kappa shape index (κ2) is 173. The minimum atomic E-state index is 1.25. The van der Waals surface area contributed by atoms with Crippen molar-refractivity contribution in [3.63, 3.8) is 0 Å². The van der Waals surface area contributed by atoms with E-state index in [2.05, 4.69) is 40.9 Å². The van der Waals surface area contributed by atoms with E-state index in [0.29, 0.717) is 0 Å². The number of hydrogen-bond acceptors (Lipinski definition) is 0. The molecule has 0 N–H and O–H groups in total. The van der Waals surface area contributed by atoms with Gasteiger partial charge in [-0.2, -0.15) is 0 Å². The summed E-state index contributed by atoms with van der Waals surface area (Å²) in [6.45, 7) is 18.5. The van der Waals surface area contributed by atoms with Crippen LogP contribution in [0.3, 0.4) is 0 Å². The smallest absolute Gasteiger partial charge is 0.0590 e. The Morgan fingerprint density at radius 2 is 0.700 bits per heavy atom. The summed E-state index contributed by atoms with van der Waals surface area (Å²) in [7, 11) is 0. The molecule has 0 aromatic rings. The summed E-state index contributed by atoms with van der Waals surface area (Å²) < 4.78 is 0. The molecule has 0 aromatic heterocycles. The van der Waals surface area contributed by atoms with E-state index in [1.807, 2.05) is 13.8 Å². The quantitative estimate of drug-likeness (QED) is 0.436. The maximum absolute atomic E-state index is 3.00. The maximum atomic E-state index is 3.00. The lowest BCUT2D eigenvalue weighted by Crippen LogP contribution is -1.27. The summed E-state index contributed by atoms with van der Waals surface area (Å²) in [6.07, 6.45) is 2.50. The Kier molecular flexibility index (Phi) is 391. The molecule has 0 amide bonds. The van der Waals surface area contributed by atoms with Crippen molar-refractivity contribution in [1.82, 2.24) is 0 Å². The largest absolute Gasteiger partial charge is 0.106 e. The van der Waals surface area contributed by atoms with Crippen LogP contribution in [0.1, 0.15) is 54.4 Å². The molecule has 0 radical (unpaired) electrons. The van der Waals surface area contributed by atoms with Crippen LogP contribution in [0.15, 0.2) is 13.2 Å². The molecule has 0 saturated heterocycles. The zero-order chi connectivity index (χ0) is 9.41. The van der Waals surface area contributed by atoms with Crippen LogP contribution in [0.2, 0.25) is 0 Å². The Morgan fingerprint density at radius 3 is 0.700 bits per heavy atom. The van der Waals surface area contributed by atoms with Gasteiger partial charge in [-0.1, -0.05) is 54.4 Å². The van der Waals surface area contributed by atoms with Gasteiger partial charge in [0.15, 0.2) is 0 Å². The first-order valence-corrected chi connectivity index (χ1v) is 4.33. The molecule has 0 aliphatic carbocycles. The Morgan fingerprint density at radius 1 is 0.700 bits per heavy atom. The number of hydrogen-bond donors (Lipinski definition) is 0. The lowest BCUT2D eigenvalue weighted by Gasteiger charge is -1.48. The van der Waals surface area contributed by atoms with E-state index >= 15 is 0 Å². The highest BCUT2D eigenvalue weighted by Gasteiger charge is 1.36. The third-order valence-corrected chi connectivity index (χ3v) is 0. The van der Waals surface area contributed by atoms with Crippen molar-refractivity contribution < 1.29 is 0 Å². The molecule has 0 unspecified atom stereocenters. The van der Waals surface area contributed by atoms with E-state index in [0.717, 1.165) is 0 Å². The van der Waals surface area contributed by atoms with Gasteiger partial charge in [-0.3, -0.25) is 0 Å². The Bertz CT molecular complexity index is 7.51. The molecule has 0 spiro atoms. The second-order valence-corrected chi connectivity index (χ2v) is 1.41. The third kappa shape index (κ3) is 5200. The molecule has 0 bridgehead atoms. The summed E-state index contributed by atoms with van der Waals surface area (Å²) in [5, 5.41) is 0. The average Bonchev–Trinajstić information content (AvgIpc) is 1.99. The van der Waals surface area contributed by atoms with Crippen LogP contribution in [0, 0.1) is 0 Å². The van der Waals surface area contributed by atoms with E-state index in [4.69, 9.17) is 0 Å². The minimum Gasteiger partial charge on any atom is -0.106 e. The van der Waals surface area contributed by atoms with Gasteiger partial charge in [-0.05, 0) is 0 Å². The minimum absolute atomic E-state index is 1.25. The zero-order valence-electron chi connectivity index (χ0n) is 8.83. The van der Waals surface area contributed by atoms with Gasteiger partial charge in [-0.15, -0.1) is 13.2 Å². The lowest BCUT2D eigenvalue weighted by atomic mass is 10.6. The van der Waals surface area contributed by atoms with Crippen molar-refractivity contribution in [3.05, 3.63) is 13.2 Å². The van der Waals surface area contributed by atoms with Crippen molar-refractivity contribution in [2.24, 2.45) is 0 Å². The van der Waals surface area contributed by atoms with E-state index in [1.54, 1.807) is 0 Å². The fourth-order valence-electron chi connectivity index (χ4n) is 0. The topological polar surface area (TPSA) is 0 Å². The maximum Gasteiger partial charge on any atom is -0.0590 e. The zero-order valence-corrected chi connectivity index (χ0v) is 8.83. The summed E-state index contributed by atoms with van der Waals surface area (Å²) in [5.41, 5.74) is 0. The lowest BCUT2D eigenvalue weighted by molar-refractivity contribution is 1.09. The molecule has 0 aliphatic rings. The highest BCUT2D eigenvalue weighted by molar-refractivity contribution is 4.22. The van der Waals surface area contributed by atoms with Gasteiger partial charge >= 0.3 is 0 Å². The van der Waals surface area contributed by atoms with Crippen LogP contribution < -0.4 is 0 Å². The molecule has 66 valence electrons. The van der Waals surface area contributed by atoms with Crippen molar-refractivity contribution in [3.8, 4) is 0 Å². The van der Waals surface area contributed by atoms with E-state index in [9.17, 15) is 0 Å². The Balaban J connectivity index is -0.0000000246. The molecule has 0 saturated carbocycles. The van der Waals surface area contributed by atoms with Crippen LogP contribution in [0.25, 0.3) is 0 Å². The molecule has 0 atom stereocenters. The molecule has 0 rings (SSSR count). The molecule has 0 heteroatoms. The third-order valence-electron chi connectivity index (χ3n) is 0. The Hall–Kier alpha value is -0.260. The molecule has 0 aliphatic heterocycles. The van der Waals surface area contributed by atoms with Gasteiger partial charge in [0, 0.05) is 0 Å². The normalized spacial score (nSPS) is 4.60. The number of rotatable bonds is 0. The van der Waals surface area contributed by atoms with Crippen molar-refractivity contribution in [2.45, 2.75) is 54.4 Å². The van der Waals surface area contributed by atoms with Gasteiger partial charge in [-0.25, -0.2) is 0 Å². The monoisotopic (exact) mass is 146 g/mol. The highest BCUT2D eigenvalue weighted by Crippen LogP contribution is 1.56. The molecule has 10 heavy (non-hydrogen) atoms. The summed E-state index contributed by atoms with van der Waals surface area (Å²) in [5.74, 6) is 0. The van der Waals surface area contributed by atoms with Gasteiger partial charge in [0.2, 0.25) is 0 Å². The highest BCUT2D eigenvalue weighted by atomic mass is 13.4. The standard InChI is InChI=1S/2C3H8.C2H6.C2H4/c2*1-3-2;2*1-2/h2*3H2,1-2H3;1-2H3;1-2H2. The van der Waals surface area contributed by atoms with Crippen LogP contribution in [0.4, 0.5) is 0 Å². The predicted octanol–water partition coefficient (Wildman–Crippen LogP) is 4.66. The predicted molar refractivity (Wildman–Crippen MR) is 54.5 cm³/mol. The molecular weight excluding hydrogens is 120 g/mol. The molecule has 0 nitrogen and oxygen atoms in total. The van der Waals surface area contributed by atoms with Gasteiger partial charge in [0.1, 0.15) is 0 Å². The fraction of sp³-hybridized carbons (Fsp3) is 0.800. The summed E-state index contributed by atoms with van der Waals surface area (Å²) in [6, 6.07) is 0. The van der Waals surface area contributed by atoms with Gasteiger partial charge in [0.05, 0.1) is 0 Å². The molecule has 0 aromatic carbocycles. The fourth-order valence-corrected chi connectivity index (χ4v) is 0. The van der Waals surface area contributed by atoms with E-state index in [1.165, 1.54) is 12.8 Å². The van der Waals surface area contributed by atoms with Gasteiger partial charge in [0.25, 0.3) is 0 Å². The molecular formula is C10H26. The van der Waals surface area contributed by atoms with E-state index < -0.39 is 0 Å². The van der Waals surface area contributed by atoms with Crippen LogP contribution >= 0.6 is 0 Å². The SMILES string of the molecule is C=C.CC.CCC.CCC.